The Labute approximate surface area is 155 Å². The largest absolute Gasteiger partial charge is 0.497 e. The Hall–Kier alpha value is -2.58. The van der Waals surface area contributed by atoms with Gasteiger partial charge in [-0.2, -0.15) is 18.2 Å². The van der Waals surface area contributed by atoms with Gasteiger partial charge < -0.3 is 14.8 Å². The first kappa shape index (κ1) is 20.7. The molecule has 8 heteroatoms. The molecular weight excluding hydrogens is 361 g/mol. The molecule has 27 heavy (non-hydrogen) atoms. The quantitative estimate of drug-likeness (QED) is 0.744. The van der Waals surface area contributed by atoms with Crippen LogP contribution >= 0.6 is 0 Å². The molecule has 0 spiro atoms. The molecule has 0 unspecified atom stereocenters. The number of rotatable bonds is 7. The van der Waals surface area contributed by atoms with E-state index in [1.54, 1.807) is 31.4 Å². The van der Waals surface area contributed by atoms with Gasteiger partial charge in [0, 0.05) is 20.1 Å². The minimum absolute atomic E-state index is 0.146. The summed E-state index contributed by atoms with van der Waals surface area (Å²) >= 11 is 0. The van der Waals surface area contributed by atoms with Crippen LogP contribution in [-0.2, 0) is 24.1 Å². The third-order valence-corrected chi connectivity index (χ3v) is 3.97. The van der Waals surface area contributed by atoms with Crippen LogP contribution in [0.4, 0.5) is 13.2 Å². The smallest absolute Gasteiger partial charge is 0.416 e. The summed E-state index contributed by atoms with van der Waals surface area (Å²) in [6, 6.07) is 11.7. The predicted molar refractivity (Wildman–Crippen MR) is 93.1 cm³/mol. The third kappa shape index (κ3) is 6.26. The number of hydrogen-bond acceptors (Lipinski definition) is 4. The van der Waals surface area contributed by atoms with E-state index in [9.17, 15) is 23.2 Å². The van der Waals surface area contributed by atoms with E-state index in [0.717, 1.165) is 22.8 Å². The van der Waals surface area contributed by atoms with Crippen molar-refractivity contribution in [1.82, 2.24) is 9.96 Å². The van der Waals surface area contributed by atoms with E-state index < -0.39 is 11.7 Å². The number of carbonyl (C=O) groups excluding carboxylic acids is 1. The van der Waals surface area contributed by atoms with Gasteiger partial charge in [-0.15, -0.1) is 0 Å². The van der Waals surface area contributed by atoms with Crippen molar-refractivity contribution >= 4 is 5.91 Å². The maximum atomic E-state index is 12.6. The monoisotopic (exact) mass is 382 g/mol. The molecule has 146 valence electrons. The Morgan fingerprint density at radius 2 is 1.52 bits per heavy atom. The summed E-state index contributed by atoms with van der Waals surface area (Å²) < 4.78 is 42.8. The highest BCUT2D eigenvalue weighted by Crippen LogP contribution is 2.29. The van der Waals surface area contributed by atoms with E-state index in [1.165, 1.54) is 24.1 Å². The molecule has 0 radical (unpaired) electrons. The van der Waals surface area contributed by atoms with Gasteiger partial charge in [0.2, 0.25) is 5.91 Å². The maximum Gasteiger partial charge on any atom is 0.416 e. The van der Waals surface area contributed by atoms with Crippen LogP contribution in [0.3, 0.4) is 0 Å². The van der Waals surface area contributed by atoms with Gasteiger partial charge in [-0.1, -0.05) is 24.3 Å². The summed E-state index contributed by atoms with van der Waals surface area (Å²) in [6.07, 6.45) is -4.39. The Bertz CT molecular complexity index is 746. The molecule has 0 atom stereocenters. The molecule has 0 heterocycles. The number of methoxy groups -OCH3 is 1. The molecule has 0 aromatic heterocycles. The molecule has 0 aliphatic rings. The third-order valence-electron chi connectivity index (χ3n) is 3.97. The Kier molecular flexibility index (Phi) is 6.81. The van der Waals surface area contributed by atoms with Crippen LogP contribution in [0.15, 0.2) is 48.5 Å². The number of nitrogens with zero attached hydrogens (tertiary/aromatic N) is 2. The standard InChI is InChI=1S/C19H21F3N2O3/c1-23(11-14-3-7-16(8-4-14)19(20,21)22)18(25)13-24(26)12-15-5-9-17(27-2)10-6-15/h3-10,26H,11-13H2,1-2H3. The number of benzene rings is 2. The van der Waals surface area contributed by atoms with Crippen molar-refractivity contribution in [2.75, 3.05) is 20.7 Å². The Balaban J connectivity index is 1.86. The van der Waals surface area contributed by atoms with Crippen molar-refractivity contribution in [1.29, 1.82) is 0 Å². The van der Waals surface area contributed by atoms with E-state index in [0.29, 0.717) is 11.3 Å². The normalized spacial score (nSPS) is 11.5. The summed E-state index contributed by atoms with van der Waals surface area (Å²) in [5.41, 5.74) is 0.635. The number of halogens is 3. The van der Waals surface area contributed by atoms with E-state index in [4.69, 9.17) is 4.74 Å². The van der Waals surface area contributed by atoms with E-state index in [2.05, 4.69) is 0 Å². The maximum absolute atomic E-state index is 12.6. The molecule has 0 saturated carbocycles. The van der Waals surface area contributed by atoms with Gasteiger partial charge >= 0.3 is 6.18 Å². The highest BCUT2D eigenvalue weighted by Gasteiger charge is 2.30. The van der Waals surface area contributed by atoms with Crippen LogP contribution in [0.2, 0.25) is 0 Å². The van der Waals surface area contributed by atoms with Gasteiger partial charge in [0.05, 0.1) is 12.7 Å². The zero-order chi connectivity index (χ0) is 20.0. The van der Waals surface area contributed by atoms with E-state index in [-0.39, 0.29) is 25.5 Å². The van der Waals surface area contributed by atoms with Gasteiger partial charge in [-0.25, -0.2) is 0 Å². The van der Waals surface area contributed by atoms with Crippen molar-refractivity contribution in [3.63, 3.8) is 0 Å². The second kappa shape index (κ2) is 8.88. The lowest BCUT2D eigenvalue weighted by Crippen LogP contribution is -2.36. The molecule has 2 aromatic rings. The zero-order valence-corrected chi connectivity index (χ0v) is 15.0. The zero-order valence-electron chi connectivity index (χ0n) is 15.0. The fourth-order valence-electron chi connectivity index (χ4n) is 2.44. The second-order valence-corrected chi connectivity index (χ2v) is 6.12. The van der Waals surface area contributed by atoms with Gasteiger partial charge in [-0.3, -0.25) is 4.79 Å². The second-order valence-electron chi connectivity index (χ2n) is 6.12. The number of alkyl halides is 3. The predicted octanol–water partition coefficient (Wildman–Crippen LogP) is 3.56. The minimum Gasteiger partial charge on any atom is -0.497 e. The first-order chi connectivity index (χ1) is 12.7. The van der Waals surface area contributed by atoms with E-state index >= 15 is 0 Å². The van der Waals surface area contributed by atoms with Crippen LogP contribution in [-0.4, -0.2) is 41.8 Å². The number of ether oxygens (including phenoxy) is 1. The average molecular weight is 382 g/mol. The minimum atomic E-state index is -4.39. The Morgan fingerprint density at radius 3 is 2.04 bits per heavy atom. The van der Waals surface area contributed by atoms with Crippen molar-refractivity contribution < 1.29 is 27.9 Å². The van der Waals surface area contributed by atoms with Crippen LogP contribution in [0, 0.1) is 0 Å². The van der Waals surface area contributed by atoms with Gasteiger partial charge in [0.25, 0.3) is 0 Å². The fraction of sp³-hybridized carbons (Fsp3) is 0.316. The van der Waals surface area contributed by atoms with Gasteiger partial charge in [0.1, 0.15) is 12.3 Å². The first-order valence-corrected chi connectivity index (χ1v) is 8.16. The molecule has 0 aliphatic carbocycles. The number of likely N-dealkylation sites (N-methyl/N-ethyl adjacent to an activating group) is 1. The van der Waals surface area contributed by atoms with Crippen molar-refractivity contribution in [3.05, 3.63) is 65.2 Å². The number of carbonyl (C=O) groups is 1. The molecule has 2 aromatic carbocycles. The van der Waals surface area contributed by atoms with Crippen LogP contribution in [0.5, 0.6) is 5.75 Å². The molecule has 1 amide bonds. The first-order valence-electron chi connectivity index (χ1n) is 8.16. The average Bonchev–Trinajstić information content (AvgIpc) is 2.62. The molecule has 0 saturated heterocycles. The van der Waals surface area contributed by atoms with Crippen molar-refractivity contribution in [3.8, 4) is 5.75 Å². The lowest BCUT2D eigenvalue weighted by atomic mass is 10.1. The number of amides is 1. The SMILES string of the molecule is COc1ccc(CN(O)CC(=O)N(C)Cc2ccc(C(F)(F)F)cc2)cc1. The van der Waals surface area contributed by atoms with Crippen LogP contribution in [0.25, 0.3) is 0 Å². The van der Waals surface area contributed by atoms with Crippen molar-refractivity contribution in [2.45, 2.75) is 19.3 Å². The summed E-state index contributed by atoms with van der Waals surface area (Å²) in [6.45, 7) is 0.0698. The Morgan fingerprint density at radius 1 is 1.00 bits per heavy atom. The van der Waals surface area contributed by atoms with Crippen LogP contribution in [0.1, 0.15) is 16.7 Å². The highest BCUT2D eigenvalue weighted by molar-refractivity contribution is 5.77. The summed E-state index contributed by atoms with van der Waals surface area (Å²) in [5, 5.41) is 10.9. The molecule has 0 fully saturated rings. The van der Waals surface area contributed by atoms with Crippen molar-refractivity contribution in [2.24, 2.45) is 0 Å². The molecule has 1 N–H and O–H groups in total. The lowest BCUT2D eigenvalue weighted by Gasteiger charge is -2.21. The van der Waals surface area contributed by atoms with E-state index in [1.807, 2.05) is 0 Å². The molecule has 2 rings (SSSR count). The number of hydrogen-bond donors (Lipinski definition) is 1. The highest BCUT2D eigenvalue weighted by atomic mass is 19.4. The lowest BCUT2D eigenvalue weighted by molar-refractivity contribution is -0.148. The van der Waals surface area contributed by atoms with Crippen LogP contribution < -0.4 is 4.74 Å². The molecule has 0 aliphatic heterocycles. The van der Waals surface area contributed by atoms with Gasteiger partial charge in [-0.05, 0) is 35.4 Å². The fourth-order valence-corrected chi connectivity index (χ4v) is 2.44. The summed E-state index contributed by atoms with van der Waals surface area (Å²) in [4.78, 5) is 13.5. The molecule has 5 nitrogen and oxygen atoms in total. The summed E-state index contributed by atoms with van der Waals surface area (Å²) in [7, 11) is 3.08. The topological polar surface area (TPSA) is 53.0 Å². The number of hydroxylamine groups is 2. The molecular formula is C19H21F3N2O3. The summed E-state index contributed by atoms with van der Waals surface area (Å²) in [5.74, 6) is 0.335. The van der Waals surface area contributed by atoms with Gasteiger partial charge in [0.15, 0.2) is 0 Å². The molecule has 0 bridgehead atoms.